The van der Waals surface area contributed by atoms with Crippen molar-refractivity contribution < 1.29 is 19.7 Å². The van der Waals surface area contributed by atoms with Crippen LogP contribution in [0, 0.1) is 16.5 Å². The van der Waals surface area contributed by atoms with Crippen LogP contribution in [0.25, 0.3) is 10.8 Å². The third-order valence-electron chi connectivity index (χ3n) is 10.6. The summed E-state index contributed by atoms with van der Waals surface area (Å²) in [5.41, 5.74) is 2.12. The van der Waals surface area contributed by atoms with Crippen molar-refractivity contribution in [3.8, 4) is 0 Å². The molecular formula is C29H35N3O4. The quantitative estimate of drug-likeness (QED) is 0.338. The molecule has 7 rings (SSSR count). The van der Waals surface area contributed by atoms with Crippen LogP contribution >= 0.6 is 0 Å². The summed E-state index contributed by atoms with van der Waals surface area (Å²) in [4.78, 5) is 4.33. The van der Waals surface area contributed by atoms with Crippen molar-refractivity contribution in [3.63, 3.8) is 0 Å². The Morgan fingerprint density at radius 2 is 2.00 bits per heavy atom. The van der Waals surface area contributed by atoms with Crippen LogP contribution in [0.5, 0.6) is 0 Å². The summed E-state index contributed by atoms with van der Waals surface area (Å²) in [5, 5.41) is 37.0. The first-order valence-electron chi connectivity index (χ1n) is 13.3. The molecule has 0 radical (unpaired) electrons. The van der Waals surface area contributed by atoms with Crippen molar-refractivity contribution in [3.05, 3.63) is 70.7 Å². The van der Waals surface area contributed by atoms with Crippen LogP contribution in [0.2, 0.25) is 0 Å². The van der Waals surface area contributed by atoms with Gasteiger partial charge in [-0.1, -0.05) is 31.2 Å². The lowest BCUT2D eigenvalue weighted by molar-refractivity contribution is -0.904. The standard InChI is InChI=1S/C29H35N3O4/c1-27-9-7-20-14-22-25(33)26(34)23(32(2,30)35)15-28(22)10-11-29(20,36-28)24(27)6-5-21(27)18-4-3-17-8-12-31-16-19(17)13-18/h3-4,7-8,12-14,16,21,23-26,33-34H,5-6,9-11,15,30H2,1-2H3/t21?,23?,24-,25-,26?,27?,28-,29-,32?/m1/s1. The van der Waals surface area contributed by atoms with Crippen molar-refractivity contribution in [2.45, 2.75) is 80.8 Å². The summed E-state index contributed by atoms with van der Waals surface area (Å²) in [6, 6.07) is 8.02. The molecule has 4 N–H and O–H groups in total. The van der Waals surface area contributed by atoms with Gasteiger partial charge < -0.3 is 20.2 Å². The van der Waals surface area contributed by atoms with E-state index in [9.17, 15) is 15.4 Å². The second kappa shape index (κ2) is 7.25. The SMILES string of the molecule is CC12CC=C3C=C4[C@@H](O)C(O)C([N+](C)(N)[O-])C[C@]45CC[C@]3(O5)[C@@H]1CCC2c1ccc2ccncc2c1. The number of nitrogens with zero attached hydrogens (tertiary/aromatic N) is 2. The summed E-state index contributed by atoms with van der Waals surface area (Å²) < 4.78 is 6.00. The number of nitrogens with two attached hydrogens (primary N) is 1. The molecule has 5 unspecified atom stereocenters. The Morgan fingerprint density at radius 1 is 1.17 bits per heavy atom. The van der Waals surface area contributed by atoms with E-state index in [2.05, 4.69) is 48.3 Å². The lowest BCUT2D eigenvalue weighted by Crippen LogP contribution is -2.68. The number of pyridine rings is 1. The van der Waals surface area contributed by atoms with E-state index in [4.69, 9.17) is 10.6 Å². The Morgan fingerprint density at radius 3 is 2.81 bits per heavy atom. The summed E-state index contributed by atoms with van der Waals surface area (Å²) in [7, 11) is 1.34. The minimum atomic E-state index is -1.21. The summed E-state index contributed by atoms with van der Waals surface area (Å²) in [6.45, 7) is 2.42. The largest absolute Gasteiger partial charge is 0.612 e. The monoisotopic (exact) mass is 489 g/mol. The van der Waals surface area contributed by atoms with E-state index in [1.54, 1.807) is 0 Å². The van der Waals surface area contributed by atoms with E-state index in [-0.39, 0.29) is 5.41 Å². The minimum Gasteiger partial charge on any atom is -0.612 e. The van der Waals surface area contributed by atoms with Crippen molar-refractivity contribution in [1.82, 2.24) is 4.98 Å². The molecule has 2 aliphatic heterocycles. The van der Waals surface area contributed by atoms with Crippen LogP contribution < -0.4 is 5.84 Å². The predicted octanol–water partition coefficient (Wildman–Crippen LogP) is 3.61. The fraction of sp³-hybridized carbons (Fsp3) is 0.552. The number of likely N-dealkylation sites (N-methyl/N-ethyl adjacent to an activating group) is 1. The first-order valence-corrected chi connectivity index (χ1v) is 13.3. The van der Waals surface area contributed by atoms with Gasteiger partial charge in [-0.05, 0) is 83.6 Å². The van der Waals surface area contributed by atoms with Gasteiger partial charge in [0.1, 0.15) is 18.2 Å². The Labute approximate surface area is 211 Å². The van der Waals surface area contributed by atoms with Crippen LogP contribution in [0.4, 0.5) is 0 Å². The maximum atomic E-state index is 12.7. The Hall–Kier alpha value is -2.13. The molecule has 190 valence electrons. The zero-order valence-corrected chi connectivity index (χ0v) is 20.9. The number of ether oxygens (including phenoxy) is 1. The fourth-order valence-corrected chi connectivity index (χ4v) is 8.78. The number of hydrogen-bond donors (Lipinski definition) is 3. The Kier molecular flexibility index (Phi) is 4.63. The van der Waals surface area contributed by atoms with E-state index in [1.165, 1.54) is 23.4 Å². The Balaban J connectivity index is 1.29. The van der Waals surface area contributed by atoms with Gasteiger partial charge in [0.2, 0.25) is 0 Å². The first-order chi connectivity index (χ1) is 17.1. The molecule has 36 heavy (non-hydrogen) atoms. The Bertz CT molecular complexity index is 1320. The number of quaternary nitrogens is 1. The molecule has 3 heterocycles. The van der Waals surface area contributed by atoms with Crippen LogP contribution in [0.3, 0.4) is 0 Å². The van der Waals surface area contributed by atoms with E-state index in [0.29, 0.717) is 18.3 Å². The van der Waals surface area contributed by atoms with E-state index >= 15 is 0 Å². The van der Waals surface area contributed by atoms with Crippen LogP contribution in [0.15, 0.2) is 60.0 Å². The molecule has 3 aliphatic carbocycles. The molecule has 3 fully saturated rings. The number of hydroxylamine groups is 2. The molecule has 0 amide bonds. The molecule has 7 heteroatoms. The molecule has 1 aromatic carbocycles. The van der Waals surface area contributed by atoms with Gasteiger partial charge in [0, 0.05) is 24.2 Å². The number of hydrogen-bond acceptors (Lipinski definition) is 6. The molecule has 5 aliphatic rings. The minimum absolute atomic E-state index is 0.0411. The molecule has 7 nitrogen and oxygen atoms in total. The molecule has 2 aromatic rings. The third kappa shape index (κ3) is 2.87. The van der Waals surface area contributed by atoms with Crippen molar-refractivity contribution in [1.29, 1.82) is 0 Å². The van der Waals surface area contributed by atoms with E-state index < -0.39 is 34.2 Å². The maximum absolute atomic E-state index is 12.7. The lowest BCUT2D eigenvalue weighted by Gasteiger charge is -2.57. The van der Waals surface area contributed by atoms with Gasteiger partial charge in [-0.25, -0.2) is 0 Å². The van der Waals surface area contributed by atoms with Crippen molar-refractivity contribution >= 4 is 10.8 Å². The molecule has 1 aromatic heterocycles. The first kappa shape index (κ1) is 23.0. The van der Waals surface area contributed by atoms with E-state index in [0.717, 1.165) is 43.3 Å². The summed E-state index contributed by atoms with van der Waals surface area (Å²) in [6.07, 6.45) is 10.9. The highest BCUT2D eigenvalue weighted by Crippen LogP contribution is 2.69. The number of aromatic nitrogens is 1. The van der Waals surface area contributed by atoms with Gasteiger partial charge in [-0.3, -0.25) is 9.74 Å². The molecule has 1 saturated heterocycles. The average molecular weight is 490 g/mol. The van der Waals surface area contributed by atoms with Crippen LogP contribution in [-0.2, 0) is 4.74 Å². The number of aliphatic hydroxyl groups is 2. The number of benzene rings is 1. The number of fused-ring (bicyclic) bond motifs is 2. The zero-order valence-electron chi connectivity index (χ0n) is 20.9. The summed E-state index contributed by atoms with van der Waals surface area (Å²) >= 11 is 0. The average Bonchev–Trinajstić information content (AvgIpc) is 3.36. The number of rotatable bonds is 2. The topological polar surface area (TPSA) is 112 Å². The third-order valence-corrected chi connectivity index (χ3v) is 10.6. The van der Waals surface area contributed by atoms with Crippen LogP contribution in [0.1, 0.15) is 56.9 Å². The summed E-state index contributed by atoms with van der Waals surface area (Å²) in [5.74, 6) is 6.65. The number of allylic oxidation sites excluding steroid dienone is 1. The highest BCUT2D eigenvalue weighted by atomic mass is 16.6. The van der Waals surface area contributed by atoms with Gasteiger partial charge in [0.15, 0.2) is 0 Å². The second-order valence-corrected chi connectivity index (χ2v) is 12.4. The van der Waals surface area contributed by atoms with Gasteiger partial charge in [0.25, 0.3) is 0 Å². The highest BCUT2D eigenvalue weighted by Gasteiger charge is 2.69. The molecule has 2 spiro atoms. The van der Waals surface area contributed by atoms with E-state index in [1.807, 2.05) is 12.4 Å². The fourth-order valence-electron chi connectivity index (χ4n) is 8.78. The second-order valence-electron chi connectivity index (χ2n) is 12.4. The van der Waals surface area contributed by atoms with Gasteiger partial charge in [-0.15, -0.1) is 0 Å². The maximum Gasteiger partial charge on any atom is 0.138 e. The van der Waals surface area contributed by atoms with Crippen LogP contribution in [-0.4, -0.2) is 56.5 Å². The molecular weight excluding hydrogens is 454 g/mol. The zero-order chi connectivity index (χ0) is 25.1. The van der Waals surface area contributed by atoms with Gasteiger partial charge >= 0.3 is 0 Å². The normalized spacial score (nSPS) is 44.8. The van der Waals surface area contributed by atoms with Crippen molar-refractivity contribution in [2.75, 3.05) is 7.05 Å². The van der Waals surface area contributed by atoms with Gasteiger partial charge in [0.05, 0.1) is 18.2 Å². The molecule has 9 atom stereocenters. The highest BCUT2D eigenvalue weighted by molar-refractivity contribution is 5.82. The smallest absolute Gasteiger partial charge is 0.138 e. The van der Waals surface area contributed by atoms with Crippen molar-refractivity contribution in [2.24, 2.45) is 17.2 Å². The predicted molar refractivity (Wildman–Crippen MR) is 136 cm³/mol. The molecule has 2 saturated carbocycles. The number of aliphatic hydroxyl groups excluding tert-OH is 2. The van der Waals surface area contributed by atoms with Gasteiger partial charge in [-0.2, -0.15) is 5.84 Å². The molecule has 2 bridgehead atoms. The lowest BCUT2D eigenvalue weighted by atomic mass is 9.58.